The van der Waals surface area contributed by atoms with E-state index in [1.807, 2.05) is 0 Å². The van der Waals surface area contributed by atoms with E-state index in [0.717, 1.165) is 0 Å². The number of ether oxygens (including phenoxy) is 3. The van der Waals surface area contributed by atoms with Gasteiger partial charge >= 0.3 is 0 Å². The Labute approximate surface area is 205 Å². The summed E-state index contributed by atoms with van der Waals surface area (Å²) in [7, 11) is 3.16. The number of phenols is 1. The van der Waals surface area contributed by atoms with Gasteiger partial charge in [0.15, 0.2) is 19.0 Å². The predicted molar refractivity (Wildman–Crippen MR) is 131 cm³/mol. The zero-order valence-electron chi connectivity index (χ0n) is 19.4. The van der Waals surface area contributed by atoms with Gasteiger partial charge in [-0.3, -0.25) is 14.4 Å². The number of carbonyl (C=O) groups excluding carboxylic acids is 2. The smallest absolute Gasteiger partial charge is 0.264 e. The molecular formula is C27H21NO8. The van der Waals surface area contributed by atoms with Gasteiger partial charge in [-0.05, 0) is 35.9 Å². The maximum atomic E-state index is 13.0. The Hall–Kier alpha value is -4.79. The van der Waals surface area contributed by atoms with Crippen LogP contribution in [0.25, 0.3) is 22.1 Å². The molecule has 36 heavy (non-hydrogen) atoms. The molecule has 0 bridgehead atoms. The molecule has 0 radical (unpaired) electrons. The molecule has 0 unspecified atom stereocenters. The van der Waals surface area contributed by atoms with Crippen molar-refractivity contribution < 1.29 is 33.3 Å². The number of ketones is 1. The number of likely N-dealkylation sites (N-methyl/N-ethyl adjacent to an activating group) is 1. The summed E-state index contributed by atoms with van der Waals surface area (Å²) in [5.74, 6) is 0.421. The number of carbonyl (C=O) groups is 2. The molecule has 9 heteroatoms. The highest BCUT2D eigenvalue weighted by atomic mass is 16.5. The zero-order valence-corrected chi connectivity index (χ0v) is 19.4. The van der Waals surface area contributed by atoms with Crippen LogP contribution in [0.5, 0.6) is 23.0 Å². The van der Waals surface area contributed by atoms with Crippen LogP contribution in [0.2, 0.25) is 0 Å². The van der Waals surface area contributed by atoms with Crippen LogP contribution < -0.4 is 24.5 Å². The molecule has 0 spiro atoms. The second-order valence-corrected chi connectivity index (χ2v) is 8.16. The molecule has 0 saturated carbocycles. The summed E-state index contributed by atoms with van der Waals surface area (Å²) in [6.45, 7) is -0.389. The van der Waals surface area contributed by atoms with Gasteiger partial charge in [0.1, 0.15) is 40.2 Å². The van der Waals surface area contributed by atoms with Crippen LogP contribution in [0.1, 0.15) is 10.4 Å². The van der Waals surface area contributed by atoms with Crippen LogP contribution in [0.4, 0.5) is 5.69 Å². The molecule has 5 rings (SSSR count). The van der Waals surface area contributed by atoms with E-state index in [-0.39, 0.29) is 52.9 Å². The van der Waals surface area contributed by atoms with Crippen molar-refractivity contribution in [1.82, 2.24) is 0 Å². The number of fused-ring (bicyclic) bond motifs is 2. The number of hydrogen-bond acceptors (Lipinski definition) is 8. The minimum atomic E-state index is -0.406. The third-order valence-electron chi connectivity index (χ3n) is 5.97. The molecule has 0 atom stereocenters. The lowest BCUT2D eigenvalue weighted by Gasteiger charge is -2.26. The minimum Gasteiger partial charge on any atom is -0.507 e. The van der Waals surface area contributed by atoms with Gasteiger partial charge in [-0.1, -0.05) is 12.1 Å². The van der Waals surface area contributed by atoms with Gasteiger partial charge in [-0.2, -0.15) is 0 Å². The van der Waals surface area contributed by atoms with Crippen molar-refractivity contribution in [3.8, 4) is 34.1 Å². The lowest BCUT2D eigenvalue weighted by Crippen LogP contribution is -2.35. The molecule has 182 valence electrons. The van der Waals surface area contributed by atoms with Crippen molar-refractivity contribution in [3.05, 3.63) is 76.6 Å². The number of phenolic OH excluding ortho intramolecular Hbond substituents is 1. The summed E-state index contributed by atoms with van der Waals surface area (Å²) >= 11 is 0. The van der Waals surface area contributed by atoms with Gasteiger partial charge in [-0.25, -0.2) is 0 Å². The van der Waals surface area contributed by atoms with Crippen LogP contribution in [0.15, 0.2) is 70.1 Å². The van der Waals surface area contributed by atoms with Crippen molar-refractivity contribution >= 4 is 28.3 Å². The topological polar surface area (TPSA) is 116 Å². The standard InChI is InChI=1S/C27H21NO8/c1-28-20-9-16(5-8-23(20)36-14-25(28)31)22(30)13-34-18-10-21(29)26-24(11-18)35-12-19(27(26)32)15-3-6-17(33-2)7-4-15/h3-12,29H,13-14H2,1-2H3. The van der Waals surface area contributed by atoms with Crippen LogP contribution in [-0.4, -0.2) is 44.2 Å². The number of hydrogen-bond donors (Lipinski definition) is 1. The summed E-state index contributed by atoms with van der Waals surface area (Å²) in [6.07, 6.45) is 1.31. The van der Waals surface area contributed by atoms with Crippen molar-refractivity contribution in [3.63, 3.8) is 0 Å². The average molecular weight is 487 g/mol. The molecule has 0 fully saturated rings. The fourth-order valence-electron chi connectivity index (χ4n) is 3.94. The second kappa shape index (κ2) is 9.10. The van der Waals surface area contributed by atoms with E-state index >= 15 is 0 Å². The number of anilines is 1. The summed E-state index contributed by atoms with van der Waals surface area (Å²) in [5, 5.41) is 10.6. The SMILES string of the molecule is COc1ccc(-c2coc3cc(OCC(=O)c4ccc5c(c4)N(C)C(=O)CO5)cc(O)c3c2=O)cc1. The molecule has 1 amide bonds. The molecule has 0 saturated heterocycles. The lowest BCUT2D eigenvalue weighted by atomic mass is 10.0. The first-order valence-electron chi connectivity index (χ1n) is 11.0. The van der Waals surface area contributed by atoms with Crippen molar-refractivity contribution in [2.24, 2.45) is 0 Å². The number of rotatable bonds is 6. The third-order valence-corrected chi connectivity index (χ3v) is 5.97. The van der Waals surface area contributed by atoms with Crippen molar-refractivity contribution in [2.75, 3.05) is 32.3 Å². The number of benzene rings is 3. The van der Waals surface area contributed by atoms with E-state index in [2.05, 4.69) is 0 Å². The molecule has 1 aliphatic heterocycles. The fraction of sp³-hybridized carbons (Fsp3) is 0.148. The van der Waals surface area contributed by atoms with E-state index in [9.17, 15) is 19.5 Å². The lowest BCUT2D eigenvalue weighted by molar-refractivity contribution is -0.120. The van der Waals surface area contributed by atoms with Gasteiger partial charge in [-0.15, -0.1) is 0 Å². The van der Waals surface area contributed by atoms with Gasteiger partial charge in [0.2, 0.25) is 5.43 Å². The van der Waals surface area contributed by atoms with Crippen LogP contribution in [0, 0.1) is 0 Å². The van der Waals surface area contributed by atoms with E-state index in [1.54, 1.807) is 56.6 Å². The Bertz CT molecular complexity index is 1560. The molecule has 1 aromatic heterocycles. The second-order valence-electron chi connectivity index (χ2n) is 8.16. The van der Waals surface area contributed by atoms with E-state index < -0.39 is 5.43 Å². The number of Topliss-reactive ketones (excluding diaryl/α,β-unsaturated/α-hetero) is 1. The highest BCUT2D eigenvalue weighted by Gasteiger charge is 2.23. The van der Waals surface area contributed by atoms with Crippen LogP contribution in [0.3, 0.4) is 0 Å². The predicted octanol–water partition coefficient (Wildman–Crippen LogP) is 3.79. The molecular weight excluding hydrogens is 466 g/mol. The summed E-state index contributed by atoms with van der Waals surface area (Å²) < 4.78 is 21.7. The number of amides is 1. The molecule has 9 nitrogen and oxygen atoms in total. The maximum absolute atomic E-state index is 13.0. The average Bonchev–Trinajstić information content (AvgIpc) is 2.89. The van der Waals surface area contributed by atoms with Gasteiger partial charge in [0.05, 0.1) is 18.4 Å². The highest BCUT2D eigenvalue weighted by molar-refractivity contribution is 6.02. The molecule has 4 aromatic rings. The third kappa shape index (κ3) is 4.11. The minimum absolute atomic E-state index is 0.00406. The quantitative estimate of drug-likeness (QED) is 0.409. The number of methoxy groups -OCH3 is 1. The largest absolute Gasteiger partial charge is 0.507 e. The maximum Gasteiger partial charge on any atom is 0.264 e. The van der Waals surface area contributed by atoms with Crippen molar-refractivity contribution in [2.45, 2.75) is 0 Å². The Balaban J connectivity index is 1.37. The van der Waals surface area contributed by atoms with E-state index in [0.29, 0.717) is 28.3 Å². The summed E-state index contributed by atoms with van der Waals surface area (Å²) in [5.41, 5.74) is 1.43. The first-order valence-corrected chi connectivity index (χ1v) is 11.0. The number of nitrogens with zero attached hydrogens (tertiary/aromatic N) is 1. The van der Waals surface area contributed by atoms with Crippen LogP contribution in [-0.2, 0) is 4.79 Å². The summed E-state index contributed by atoms with van der Waals surface area (Å²) in [4.78, 5) is 39.1. The molecule has 1 aliphatic rings. The first-order chi connectivity index (χ1) is 17.4. The van der Waals surface area contributed by atoms with Gasteiger partial charge in [0.25, 0.3) is 5.91 Å². The monoisotopic (exact) mass is 487 g/mol. The highest BCUT2D eigenvalue weighted by Crippen LogP contribution is 2.33. The first kappa shape index (κ1) is 23.0. The van der Waals surface area contributed by atoms with Crippen molar-refractivity contribution in [1.29, 1.82) is 0 Å². The molecule has 2 heterocycles. The molecule has 3 aromatic carbocycles. The summed E-state index contributed by atoms with van der Waals surface area (Å²) in [6, 6.07) is 14.4. The molecule has 0 aliphatic carbocycles. The Morgan fingerprint density at radius 3 is 2.58 bits per heavy atom. The van der Waals surface area contributed by atoms with E-state index in [4.69, 9.17) is 18.6 Å². The zero-order chi connectivity index (χ0) is 25.4. The fourth-order valence-corrected chi connectivity index (χ4v) is 3.94. The van der Waals surface area contributed by atoms with Crippen LogP contribution >= 0.6 is 0 Å². The number of aromatic hydroxyl groups is 1. The van der Waals surface area contributed by atoms with Gasteiger partial charge < -0.3 is 28.6 Å². The Morgan fingerprint density at radius 2 is 1.83 bits per heavy atom. The van der Waals surface area contributed by atoms with Gasteiger partial charge in [0, 0.05) is 24.7 Å². The Morgan fingerprint density at radius 1 is 1.06 bits per heavy atom. The Kier molecular flexibility index (Phi) is 5.81. The normalized spacial score (nSPS) is 12.7. The molecule has 1 N–H and O–H groups in total. The van der Waals surface area contributed by atoms with E-state index in [1.165, 1.54) is 23.3 Å².